The fraction of sp³-hybridized carbons (Fsp3) is 0.457. The standard InChI is InChI=1S/C29H35NO2.C17H18F3NO/c1-5-15-29(32)16-14-26-24-12-8-20-17-22(31)11-13-23(20)27(24)25(18-28(26,29)2)19-6-9-21(10-7-19)30(3)4;1-21-12-11-16(13-5-3-2-4-6-13)22-15-9-7-14(8-10-15)17(18,19)20/h6-7,9-10,17,24-26,32H,8,11-14,16,18H2,1-4H3;2-10,16,21H,11-12H2,1H3/t24-,25+,26-,28-,29-;/m0./s1. The summed E-state index contributed by atoms with van der Waals surface area (Å²) < 4.78 is 43.6. The van der Waals surface area contributed by atoms with E-state index in [-0.39, 0.29) is 23.2 Å². The summed E-state index contributed by atoms with van der Waals surface area (Å²) in [5, 5.41) is 14.8. The Hall–Kier alpha value is -4.32. The van der Waals surface area contributed by atoms with Crippen molar-refractivity contribution in [1.29, 1.82) is 0 Å². The summed E-state index contributed by atoms with van der Waals surface area (Å²) in [5.41, 5.74) is 6.04. The molecule has 2 N–H and O–H groups in total. The molecule has 54 heavy (non-hydrogen) atoms. The molecule has 4 aliphatic carbocycles. The number of hydrogen-bond acceptors (Lipinski definition) is 5. The van der Waals surface area contributed by atoms with Crippen molar-refractivity contribution in [3.63, 3.8) is 0 Å². The van der Waals surface area contributed by atoms with Gasteiger partial charge in [-0.05, 0) is 136 Å². The molecule has 0 spiro atoms. The van der Waals surface area contributed by atoms with Crippen LogP contribution >= 0.6 is 0 Å². The second-order valence-corrected chi connectivity index (χ2v) is 15.7. The molecule has 5 nitrogen and oxygen atoms in total. The number of nitrogens with one attached hydrogen (secondary N) is 1. The molecule has 2 fully saturated rings. The fourth-order valence-corrected chi connectivity index (χ4v) is 9.50. The Bertz CT molecular complexity index is 1910. The lowest BCUT2D eigenvalue weighted by Crippen LogP contribution is -2.51. The number of anilines is 1. The highest BCUT2D eigenvalue weighted by Gasteiger charge is 2.62. The Morgan fingerprint density at radius 2 is 1.69 bits per heavy atom. The predicted molar refractivity (Wildman–Crippen MR) is 209 cm³/mol. The second kappa shape index (κ2) is 16.2. The van der Waals surface area contributed by atoms with Crippen LogP contribution in [0.1, 0.15) is 93.9 Å². The Balaban J connectivity index is 0.000000199. The minimum absolute atomic E-state index is 0.203. The number of fused-ring (bicyclic) bond motifs is 4. The minimum atomic E-state index is -4.33. The van der Waals surface area contributed by atoms with E-state index in [4.69, 9.17) is 4.74 Å². The number of nitrogens with zero attached hydrogens (tertiary/aromatic N) is 1. The average Bonchev–Trinajstić information content (AvgIpc) is 3.42. The number of carbonyl (C=O) groups excluding carboxylic acids is 1. The number of hydrogen-bond donors (Lipinski definition) is 2. The highest BCUT2D eigenvalue weighted by molar-refractivity contribution is 5.93. The number of benzene rings is 3. The summed E-state index contributed by atoms with van der Waals surface area (Å²) in [4.78, 5) is 14.3. The zero-order valence-electron chi connectivity index (χ0n) is 32.1. The van der Waals surface area contributed by atoms with Crippen molar-refractivity contribution in [2.24, 2.45) is 17.3 Å². The Morgan fingerprint density at radius 3 is 2.31 bits per heavy atom. The molecule has 0 amide bonds. The van der Waals surface area contributed by atoms with Crippen LogP contribution in [0.25, 0.3) is 0 Å². The SMILES string of the molecule is CC#C[C@]1(O)CC[C@H]2[C@@H]3CCC4=CC(=O)CCC4=C3[C@@H](c3ccc(N(C)C)cc3)C[C@@]21C.CNCCC(Oc1ccc(C(F)(F)F)cc1)c1ccccc1. The van der Waals surface area contributed by atoms with Gasteiger partial charge in [-0.1, -0.05) is 60.9 Å². The number of rotatable bonds is 8. The normalized spacial score (nSPS) is 26.5. The third-order valence-corrected chi connectivity index (χ3v) is 12.3. The number of ketones is 1. The maximum absolute atomic E-state index is 12.6. The maximum Gasteiger partial charge on any atom is 0.416 e. The van der Waals surface area contributed by atoms with E-state index < -0.39 is 17.3 Å². The van der Waals surface area contributed by atoms with Gasteiger partial charge in [-0.3, -0.25) is 4.79 Å². The third kappa shape index (κ3) is 8.04. The van der Waals surface area contributed by atoms with Crippen LogP contribution < -0.4 is 15.0 Å². The summed E-state index contributed by atoms with van der Waals surface area (Å²) >= 11 is 0. The molecule has 0 radical (unpaired) electrons. The van der Waals surface area contributed by atoms with Crippen LogP contribution in [0.15, 0.2) is 102 Å². The van der Waals surface area contributed by atoms with E-state index in [1.165, 1.54) is 34.5 Å². The van der Waals surface area contributed by atoms with E-state index in [9.17, 15) is 23.1 Å². The molecule has 3 aromatic rings. The van der Waals surface area contributed by atoms with Gasteiger partial charge in [0.15, 0.2) is 5.78 Å². The number of halogens is 3. The third-order valence-electron chi connectivity index (χ3n) is 12.3. The number of allylic oxidation sites excluding steroid dienone is 4. The molecule has 0 aliphatic heterocycles. The average molecular weight is 739 g/mol. The van der Waals surface area contributed by atoms with Crippen LogP contribution in [0.3, 0.4) is 0 Å². The predicted octanol–water partition coefficient (Wildman–Crippen LogP) is 9.84. The lowest BCUT2D eigenvalue weighted by molar-refractivity contribution is -0.137. The van der Waals surface area contributed by atoms with Gasteiger partial charge in [-0.2, -0.15) is 13.2 Å². The van der Waals surface area contributed by atoms with Gasteiger partial charge in [0.25, 0.3) is 0 Å². The van der Waals surface area contributed by atoms with Crippen LogP contribution in [0.2, 0.25) is 0 Å². The monoisotopic (exact) mass is 738 g/mol. The van der Waals surface area contributed by atoms with Gasteiger partial charge >= 0.3 is 6.18 Å². The van der Waals surface area contributed by atoms with Gasteiger partial charge in [-0.25, -0.2) is 0 Å². The minimum Gasteiger partial charge on any atom is -0.486 e. The van der Waals surface area contributed by atoms with Gasteiger partial charge in [-0.15, -0.1) is 5.92 Å². The van der Waals surface area contributed by atoms with Gasteiger partial charge in [0.2, 0.25) is 0 Å². The molecule has 6 atom stereocenters. The van der Waals surface area contributed by atoms with Crippen molar-refractivity contribution in [2.75, 3.05) is 32.6 Å². The molecule has 0 saturated heterocycles. The van der Waals surface area contributed by atoms with Crippen LogP contribution in [0.4, 0.5) is 18.9 Å². The molecule has 8 heteroatoms. The van der Waals surface area contributed by atoms with Crippen molar-refractivity contribution in [1.82, 2.24) is 5.32 Å². The lowest BCUT2D eigenvalue weighted by atomic mass is 9.51. The Labute approximate surface area is 318 Å². The van der Waals surface area contributed by atoms with Crippen LogP contribution in [-0.2, 0) is 11.0 Å². The highest BCUT2D eigenvalue weighted by Crippen LogP contribution is 2.66. The van der Waals surface area contributed by atoms with Crippen molar-refractivity contribution >= 4 is 11.5 Å². The van der Waals surface area contributed by atoms with Crippen LogP contribution in [0, 0.1) is 29.1 Å². The van der Waals surface area contributed by atoms with E-state index in [1.54, 1.807) is 5.57 Å². The molecule has 0 heterocycles. The fourth-order valence-electron chi connectivity index (χ4n) is 9.50. The van der Waals surface area contributed by atoms with E-state index in [0.29, 0.717) is 24.0 Å². The first kappa shape index (κ1) is 39.4. The molecule has 0 bridgehead atoms. The molecule has 2 saturated carbocycles. The maximum atomic E-state index is 12.6. The van der Waals surface area contributed by atoms with Crippen molar-refractivity contribution < 1.29 is 27.8 Å². The zero-order chi connectivity index (χ0) is 38.7. The summed E-state index contributed by atoms with van der Waals surface area (Å²) in [5.74, 6) is 8.19. The largest absolute Gasteiger partial charge is 0.486 e. The quantitative estimate of drug-likeness (QED) is 0.226. The number of aliphatic hydroxyl groups is 1. The topological polar surface area (TPSA) is 61.8 Å². The molecule has 286 valence electrons. The van der Waals surface area contributed by atoms with E-state index in [0.717, 1.165) is 69.2 Å². The van der Waals surface area contributed by atoms with Crippen molar-refractivity contribution in [3.8, 4) is 17.6 Å². The smallest absolute Gasteiger partial charge is 0.416 e. The van der Waals surface area contributed by atoms with E-state index in [2.05, 4.69) is 67.3 Å². The van der Waals surface area contributed by atoms with Crippen molar-refractivity contribution in [2.45, 2.75) is 89.0 Å². The molecule has 3 aromatic carbocycles. The number of carbonyl (C=O) groups is 1. The molecule has 7 rings (SSSR count). The first-order chi connectivity index (χ1) is 25.8. The molecule has 1 unspecified atom stereocenters. The van der Waals surface area contributed by atoms with Gasteiger partial charge in [0.1, 0.15) is 17.5 Å². The summed E-state index contributed by atoms with van der Waals surface area (Å²) in [6.07, 6.45) is 4.42. The van der Waals surface area contributed by atoms with E-state index >= 15 is 0 Å². The molecular weight excluding hydrogens is 686 g/mol. The zero-order valence-corrected chi connectivity index (χ0v) is 32.1. The number of alkyl halides is 3. The van der Waals surface area contributed by atoms with Crippen LogP contribution in [-0.4, -0.2) is 44.2 Å². The summed E-state index contributed by atoms with van der Waals surface area (Å²) in [6, 6.07) is 23.4. The summed E-state index contributed by atoms with van der Waals surface area (Å²) in [7, 11) is 5.99. The van der Waals surface area contributed by atoms with Gasteiger partial charge in [0, 0.05) is 44.0 Å². The molecular formula is C46H53F3N2O3. The molecule has 0 aromatic heterocycles. The van der Waals surface area contributed by atoms with Gasteiger partial charge in [0.05, 0.1) is 5.56 Å². The first-order valence-electron chi connectivity index (χ1n) is 19.2. The van der Waals surface area contributed by atoms with Gasteiger partial charge < -0.3 is 20.1 Å². The second-order valence-electron chi connectivity index (χ2n) is 15.7. The molecule has 4 aliphatic rings. The highest BCUT2D eigenvalue weighted by atomic mass is 19.4. The van der Waals surface area contributed by atoms with Crippen LogP contribution in [0.5, 0.6) is 5.75 Å². The van der Waals surface area contributed by atoms with Crippen molar-refractivity contribution in [3.05, 3.63) is 118 Å². The van der Waals surface area contributed by atoms with E-state index in [1.807, 2.05) is 50.4 Å². The number of ether oxygens (including phenoxy) is 1. The lowest BCUT2D eigenvalue weighted by Gasteiger charge is -2.53. The Kier molecular flexibility index (Phi) is 11.8. The Morgan fingerprint density at radius 1 is 0.981 bits per heavy atom. The first-order valence-corrected chi connectivity index (χ1v) is 19.2. The summed E-state index contributed by atoms with van der Waals surface area (Å²) in [6.45, 7) is 4.90.